The van der Waals surface area contributed by atoms with Gasteiger partial charge < -0.3 is 9.47 Å². The highest BCUT2D eigenvalue weighted by atomic mass is 19.4. The van der Waals surface area contributed by atoms with Crippen LogP contribution in [0.15, 0.2) is 0 Å². The maximum Gasteiger partial charge on any atom is 0.449 e. The lowest BCUT2D eigenvalue weighted by Crippen LogP contribution is -2.52. The average molecular weight is 210 g/mol. The first-order valence-electron chi connectivity index (χ1n) is 3.10. The molecule has 2 atom stereocenters. The molecule has 0 bridgehead atoms. The Morgan fingerprint density at radius 3 is 2.00 bits per heavy atom. The van der Waals surface area contributed by atoms with E-state index in [1.807, 2.05) is 0 Å². The average Bonchev–Trinajstić information content (AvgIpc) is 2.30. The highest BCUT2D eigenvalue weighted by Gasteiger charge is 2.68. The van der Waals surface area contributed by atoms with E-state index in [2.05, 4.69) is 9.47 Å². The zero-order valence-electron chi connectivity index (χ0n) is 5.95. The predicted octanol–water partition coefficient (Wildman–Crippen LogP) is 1.85. The van der Waals surface area contributed by atoms with Crippen LogP contribution in [0.3, 0.4) is 0 Å². The van der Waals surface area contributed by atoms with Crippen molar-refractivity contribution in [2.24, 2.45) is 0 Å². The number of hydrogen-bond acceptors (Lipinski definition) is 2. The van der Waals surface area contributed by atoms with Crippen LogP contribution in [0, 0.1) is 0 Å². The number of alkyl halides is 6. The molecule has 0 saturated carbocycles. The lowest BCUT2D eigenvalue weighted by molar-refractivity contribution is -0.388. The Balaban J connectivity index is 2.90. The molecule has 1 saturated heterocycles. The van der Waals surface area contributed by atoms with Crippen molar-refractivity contribution in [1.29, 1.82) is 0 Å². The highest BCUT2D eigenvalue weighted by molar-refractivity contribution is 4.86. The second-order valence-electron chi connectivity index (χ2n) is 2.30. The molecule has 0 aromatic carbocycles. The Morgan fingerprint density at radius 2 is 1.85 bits per heavy atom. The molecule has 0 spiro atoms. The lowest BCUT2D eigenvalue weighted by Gasteiger charge is -2.27. The van der Waals surface area contributed by atoms with Crippen molar-refractivity contribution >= 4 is 0 Å². The summed E-state index contributed by atoms with van der Waals surface area (Å²) in [6.45, 7) is -1.15. The molecule has 1 fully saturated rings. The van der Waals surface area contributed by atoms with Gasteiger partial charge in [0.15, 0.2) is 0 Å². The van der Waals surface area contributed by atoms with E-state index in [9.17, 15) is 26.3 Å². The van der Waals surface area contributed by atoms with Crippen molar-refractivity contribution in [3.8, 4) is 0 Å². The van der Waals surface area contributed by atoms with E-state index in [1.54, 1.807) is 0 Å². The van der Waals surface area contributed by atoms with Crippen LogP contribution in [0.5, 0.6) is 0 Å². The molecule has 8 heteroatoms. The van der Waals surface area contributed by atoms with Gasteiger partial charge in [-0.25, -0.2) is 13.2 Å². The zero-order valence-corrected chi connectivity index (χ0v) is 5.95. The maximum absolute atomic E-state index is 12.1. The third kappa shape index (κ3) is 1.60. The first-order valence-corrected chi connectivity index (χ1v) is 3.10. The van der Waals surface area contributed by atoms with Gasteiger partial charge in [0, 0.05) is 0 Å². The minimum absolute atomic E-state index is 1.15. The van der Waals surface area contributed by atoms with Gasteiger partial charge in [-0.3, -0.25) is 0 Å². The predicted molar refractivity (Wildman–Crippen MR) is 26.7 cm³/mol. The maximum atomic E-state index is 12.1. The van der Waals surface area contributed by atoms with Crippen LogP contribution < -0.4 is 0 Å². The summed E-state index contributed by atoms with van der Waals surface area (Å²) in [6.07, 6.45) is -11.9. The van der Waals surface area contributed by atoms with Crippen LogP contribution in [-0.2, 0) is 9.47 Å². The van der Waals surface area contributed by atoms with Gasteiger partial charge in [-0.15, -0.1) is 0 Å². The van der Waals surface area contributed by atoms with Crippen LogP contribution in [0.25, 0.3) is 0 Å². The lowest BCUT2D eigenvalue weighted by atomic mass is 10.3. The summed E-state index contributed by atoms with van der Waals surface area (Å²) < 4.78 is 78.8. The van der Waals surface area contributed by atoms with Gasteiger partial charge >= 0.3 is 18.4 Å². The molecule has 78 valence electrons. The minimum atomic E-state index is -5.46. The van der Waals surface area contributed by atoms with Crippen molar-refractivity contribution < 1.29 is 35.8 Å². The van der Waals surface area contributed by atoms with Gasteiger partial charge in [0.2, 0.25) is 6.36 Å². The summed E-state index contributed by atoms with van der Waals surface area (Å²) in [5.41, 5.74) is 0. The van der Waals surface area contributed by atoms with Crippen molar-refractivity contribution in [2.45, 2.75) is 24.7 Å². The van der Waals surface area contributed by atoms with E-state index < -0.39 is 31.4 Å². The molecule has 1 aliphatic heterocycles. The Morgan fingerprint density at radius 1 is 1.31 bits per heavy atom. The fourth-order valence-electron chi connectivity index (χ4n) is 0.834. The monoisotopic (exact) mass is 210 g/mol. The van der Waals surface area contributed by atoms with Crippen molar-refractivity contribution in [1.82, 2.24) is 0 Å². The standard InChI is InChI=1S/C5H4F6O2/c6-2-1-12-4(13-2,3(7)8)5(9,10)11/h2-3H,1H2. The number of hydrogen-bond donors (Lipinski definition) is 0. The van der Waals surface area contributed by atoms with Crippen molar-refractivity contribution in [3.63, 3.8) is 0 Å². The van der Waals surface area contributed by atoms with Gasteiger partial charge in [-0.2, -0.15) is 13.2 Å². The second kappa shape index (κ2) is 3.02. The zero-order chi connectivity index (χ0) is 10.3. The third-order valence-corrected chi connectivity index (χ3v) is 1.41. The number of rotatable bonds is 1. The van der Waals surface area contributed by atoms with Gasteiger partial charge in [-0.05, 0) is 0 Å². The highest BCUT2D eigenvalue weighted by Crippen LogP contribution is 2.43. The summed E-state index contributed by atoms with van der Waals surface area (Å²) in [7, 11) is 0. The first kappa shape index (κ1) is 10.6. The van der Waals surface area contributed by atoms with E-state index in [0.29, 0.717) is 0 Å². The minimum Gasteiger partial charge on any atom is -0.332 e. The van der Waals surface area contributed by atoms with E-state index in [4.69, 9.17) is 0 Å². The first-order chi connectivity index (χ1) is 5.79. The topological polar surface area (TPSA) is 18.5 Å². The fourth-order valence-corrected chi connectivity index (χ4v) is 0.834. The molecular weight excluding hydrogens is 206 g/mol. The normalized spacial score (nSPS) is 35.8. The van der Waals surface area contributed by atoms with E-state index in [0.717, 1.165) is 0 Å². The van der Waals surface area contributed by atoms with Crippen LogP contribution in [0.1, 0.15) is 0 Å². The van der Waals surface area contributed by atoms with Crippen LogP contribution in [-0.4, -0.2) is 31.4 Å². The molecule has 2 unspecified atom stereocenters. The summed E-state index contributed by atoms with van der Waals surface area (Å²) in [4.78, 5) is 0. The fraction of sp³-hybridized carbons (Fsp3) is 1.00. The quantitative estimate of drug-likeness (QED) is 0.615. The largest absolute Gasteiger partial charge is 0.449 e. The van der Waals surface area contributed by atoms with Crippen molar-refractivity contribution in [2.75, 3.05) is 6.61 Å². The number of ether oxygens (including phenoxy) is 2. The third-order valence-electron chi connectivity index (χ3n) is 1.41. The molecule has 2 nitrogen and oxygen atoms in total. The van der Waals surface area contributed by atoms with Gasteiger partial charge in [-0.1, -0.05) is 0 Å². The SMILES string of the molecule is FC1COC(C(F)F)(C(F)(F)F)O1. The van der Waals surface area contributed by atoms with E-state index >= 15 is 0 Å². The summed E-state index contributed by atoms with van der Waals surface area (Å²) >= 11 is 0. The Kier molecular flexibility index (Phi) is 2.46. The molecule has 1 aliphatic rings. The van der Waals surface area contributed by atoms with Gasteiger partial charge in [0.25, 0.3) is 0 Å². The Hall–Kier alpha value is -0.500. The summed E-state index contributed by atoms with van der Waals surface area (Å²) in [5.74, 6) is -4.10. The molecule has 13 heavy (non-hydrogen) atoms. The van der Waals surface area contributed by atoms with Crippen LogP contribution in [0.2, 0.25) is 0 Å². The Bertz CT molecular complexity index is 192. The summed E-state index contributed by atoms with van der Waals surface area (Å²) in [5, 5.41) is 0. The number of halogens is 6. The molecule has 0 amide bonds. The van der Waals surface area contributed by atoms with E-state index in [1.165, 1.54) is 0 Å². The Labute approximate surface area is 68.4 Å². The van der Waals surface area contributed by atoms with Gasteiger partial charge in [0.1, 0.15) is 6.61 Å². The molecule has 0 radical (unpaired) electrons. The molecular formula is C5H4F6O2. The molecule has 0 aliphatic carbocycles. The van der Waals surface area contributed by atoms with E-state index in [-0.39, 0.29) is 0 Å². The van der Waals surface area contributed by atoms with Crippen LogP contribution in [0.4, 0.5) is 26.3 Å². The van der Waals surface area contributed by atoms with Crippen molar-refractivity contribution in [3.05, 3.63) is 0 Å². The summed E-state index contributed by atoms with van der Waals surface area (Å²) in [6, 6.07) is 0. The second-order valence-corrected chi connectivity index (χ2v) is 2.30. The molecule has 0 N–H and O–H groups in total. The smallest absolute Gasteiger partial charge is 0.332 e. The molecule has 1 rings (SSSR count). The van der Waals surface area contributed by atoms with Crippen LogP contribution >= 0.6 is 0 Å². The molecule has 0 aromatic rings. The van der Waals surface area contributed by atoms with Gasteiger partial charge in [0.05, 0.1) is 0 Å². The molecule has 1 heterocycles. The molecule has 0 aromatic heterocycles.